The van der Waals surface area contributed by atoms with Crippen molar-refractivity contribution in [2.45, 2.75) is 32.8 Å². The van der Waals surface area contributed by atoms with E-state index in [2.05, 4.69) is 15.1 Å². The maximum atomic E-state index is 12.6. The van der Waals surface area contributed by atoms with Gasteiger partial charge in [-0.25, -0.2) is 4.98 Å². The largest absolute Gasteiger partial charge is 0.367 e. The van der Waals surface area contributed by atoms with Crippen LogP contribution in [0.1, 0.15) is 35.3 Å². The summed E-state index contributed by atoms with van der Waals surface area (Å²) in [5.41, 5.74) is 2.60. The van der Waals surface area contributed by atoms with E-state index < -0.39 is 6.10 Å². The van der Waals surface area contributed by atoms with E-state index in [4.69, 9.17) is 4.74 Å². The van der Waals surface area contributed by atoms with Gasteiger partial charge >= 0.3 is 0 Å². The number of nitrogens with zero attached hydrogens (tertiary/aromatic N) is 4. The van der Waals surface area contributed by atoms with Crippen LogP contribution in [-0.4, -0.2) is 50.3 Å². The summed E-state index contributed by atoms with van der Waals surface area (Å²) in [6.07, 6.45) is 2.51. The number of aromatic nitrogens is 4. The van der Waals surface area contributed by atoms with Gasteiger partial charge in [0.25, 0.3) is 5.56 Å². The summed E-state index contributed by atoms with van der Waals surface area (Å²) in [6, 6.07) is 1.44. The Morgan fingerprint density at radius 1 is 1.44 bits per heavy atom. The van der Waals surface area contributed by atoms with Crippen LogP contribution in [0.4, 0.5) is 0 Å². The van der Waals surface area contributed by atoms with Crippen LogP contribution >= 0.6 is 0 Å². The number of carbonyl (C=O) groups excluding carboxylic acids is 1. The van der Waals surface area contributed by atoms with Crippen LogP contribution in [-0.2, 0) is 23.0 Å². The topological polar surface area (TPSA) is 93.1 Å². The lowest BCUT2D eigenvalue weighted by Gasteiger charge is -2.32. The monoisotopic (exact) mass is 345 g/mol. The Balaban J connectivity index is 1.63. The molecule has 8 heteroatoms. The Hall–Kier alpha value is -2.48. The first-order valence-electron chi connectivity index (χ1n) is 8.38. The molecule has 134 valence electrons. The first-order chi connectivity index (χ1) is 11.9. The number of nitrogens with one attached hydrogen (secondary N) is 1. The zero-order valence-electron chi connectivity index (χ0n) is 14.8. The molecular formula is C17H23N5O3. The Morgan fingerprint density at radius 2 is 2.24 bits per heavy atom. The van der Waals surface area contributed by atoms with Crippen LogP contribution in [0, 0.1) is 13.8 Å². The number of amides is 1. The molecule has 1 atom stereocenters. The van der Waals surface area contributed by atoms with Gasteiger partial charge in [0.1, 0.15) is 11.9 Å². The third kappa shape index (κ3) is 3.96. The summed E-state index contributed by atoms with van der Waals surface area (Å²) in [4.78, 5) is 33.0. The highest BCUT2D eigenvalue weighted by Crippen LogP contribution is 2.19. The van der Waals surface area contributed by atoms with Gasteiger partial charge in [-0.2, -0.15) is 5.10 Å². The van der Waals surface area contributed by atoms with Crippen molar-refractivity contribution in [1.29, 1.82) is 0 Å². The van der Waals surface area contributed by atoms with Gasteiger partial charge in [0, 0.05) is 37.5 Å². The standard InChI is InChI=1S/C17H23N5O3/c1-11-8-15(23)20-17(19-11)14-10-22(6-7-25-14)16(24)5-4-13-9-18-21(3)12(13)2/h8-9,14H,4-7,10H2,1-3H3,(H,19,20,23)/t14-/m0/s1. The minimum atomic E-state index is -0.398. The van der Waals surface area contributed by atoms with Crippen LogP contribution < -0.4 is 5.56 Å². The molecular weight excluding hydrogens is 322 g/mol. The minimum absolute atomic E-state index is 0.0755. The molecule has 1 amide bonds. The lowest BCUT2D eigenvalue weighted by molar-refractivity contribution is -0.139. The molecule has 1 saturated heterocycles. The average Bonchev–Trinajstić information content (AvgIpc) is 2.91. The van der Waals surface area contributed by atoms with E-state index in [9.17, 15) is 9.59 Å². The molecule has 0 radical (unpaired) electrons. The predicted molar refractivity (Wildman–Crippen MR) is 91.1 cm³/mol. The molecule has 1 N–H and O–H groups in total. The number of hydrogen-bond acceptors (Lipinski definition) is 5. The van der Waals surface area contributed by atoms with E-state index in [0.717, 1.165) is 11.3 Å². The van der Waals surface area contributed by atoms with Crippen LogP contribution in [0.3, 0.4) is 0 Å². The van der Waals surface area contributed by atoms with Crippen molar-refractivity contribution in [2.75, 3.05) is 19.7 Å². The van der Waals surface area contributed by atoms with E-state index in [1.54, 1.807) is 11.8 Å². The Labute approximate surface area is 145 Å². The van der Waals surface area contributed by atoms with Gasteiger partial charge in [0.15, 0.2) is 0 Å². The molecule has 25 heavy (non-hydrogen) atoms. The van der Waals surface area contributed by atoms with Gasteiger partial charge in [0.05, 0.1) is 19.3 Å². The highest BCUT2D eigenvalue weighted by atomic mass is 16.5. The highest BCUT2D eigenvalue weighted by Gasteiger charge is 2.27. The second kappa shape index (κ2) is 7.18. The summed E-state index contributed by atoms with van der Waals surface area (Å²) in [5, 5.41) is 4.20. The van der Waals surface area contributed by atoms with Gasteiger partial charge in [-0.15, -0.1) is 0 Å². The van der Waals surface area contributed by atoms with Crippen molar-refractivity contribution < 1.29 is 9.53 Å². The van der Waals surface area contributed by atoms with Crippen molar-refractivity contribution in [3.05, 3.63) is 45.4 Å². The molecule has 3 rings (SSSR count). The molecule has 1 fully saturated rings. The Bertz CT molecular complexity index is 826. The molecule has 2 aromatic heterocycles. The molecule has 0 unspecified atom stereocenters. The van der Waals surface area contributed by atoms with Crippen molar-refractivity contribution in [1.82, 2.24) is 24.6 Å². The third-order valence-electron chi connectivity index (χ3n) is 4.56. The smallest absolute Gasteiger partial charge is 0.251 e. The summed E-state index contributed by atoms with van der Waals surface area (Å²) in [5.74, 6) is 0.553. The van der Waals surface area contributed by atoms with E-state index in [-0.39, 0.29) is 11.5 Å². The zero-order chi connectivity index (χ0) is 18.0. The Kier molecular flexibility index (Phi) is 4.98. The number of hydrogen-bond donors (Lipinski definition) is 1. The fourth-order valence-electron chi connectivity index (χ4n) is 2.99. The zero-order valence-corrected chi connectivity index (χ0v) is 14.8. The Morgan fingerprint density at radius 3 is 2.92 bits per heavy atom. The molecule has 1 aliphatic rings. The van der Waals surface area contributed by atoms with Gasteiger partial charge in [-0.05, 0) is 25.8 Å². The fourth-order valence-corrected chi connectivity index (χ4v) is 2.99. The first-order valence-corrected chi connectivity index (χ1v) is 8.38. The summed E-state index contributed by atoms with van der Waals surface area (Å²) in [6.45, 7) is 5.15. The molecule has 8 nitrogen and oxygen atoms in total. The lowest BCUT2D eigenvalue weighted by Crippen LogP contribution is -2.43. The molecule has 2 aromatic rings. The van der Waals surface area contributed by atoms with E-state index in [0.29, 0.717) is 44.1 Å². The molecule has 0 aromatic carbocycles. The molecule has 0 spiro atoms. The summed E-state index contributed by atoms with van der Waals surface area (Å²) < 4.78 is 7.51. The van der Waals surface area contributed by atoms with Crippen molar-refractivity contribution in [3.63, 3.8) is 0 Å². The number of morpholine rings is 1. The second-order valence-corrected chi connectivity index (χ2v) is 6.35. The van der Waals surface area contributed by atoms with Crippen molar-refractivity contribution in [2.24, 2.45) is 7.05 Å². The number of aryl methyl sites for hydroxylation is 3. The van der Waals surface area contributed by atoms with Gasteiger partial charge in [0.2, 0.25) is 5.91 Å². The lowest BCUT2D eigenvalue weighted by atomic mass is 10.1. The number of rotatable bonds is 4. The second-order valence-electron chi connectivity index (χ2n) is 6.35. The highest BCUT2D eigenvalue weighted by molar-refractivity contribution is 5.76. The van der Waals surface area contributed by atoms with Crippen molar-refractivity contribution >= 4 is 5.91 Å². The minimum Gasteiger partial charge on any atom is -0.367 e. The third-order valence-corrected chi connectivity index (χ3v) is 4.56. The average molecular weight is 345 g/mol. The summed E-state index contributed by atoms with van der Waals surface area (Å²) >= 11 is 0. The van der Waals surface area contributed by atoms with Gasteiger partial charge in [-0.3, -0.25) is 14.3 Å². The van der Waals surface area contributed by atoms with Gasteiger partial charge < -0.3 is 14.6 Å². The maximum absolute atomic E-state index is 12.6. The fraction of sp³-hybridized carbons (Fsp3) is 0.529. The normalized spacial score (nSPS) is 17.7. The molecule has 1 aliphatic heterocycles. The van der Waals surface area contributed by atoms with E-state index in [1.807, 2.05) is 24.9 Å². The SMILES string of the molecule is Cc1cc(=O)[nH]c([C@@H]2CN(C(=O)CCc3cnn(C)c3C)CCO2)n1. The molecule has 0 aliphatic carbocycles. The van der Waals surface area contributed by atoms with Crippen LogP contribution in [0.2, 0.25) is 0 Å². The predicted octanol–water partition coefficient (Wildman–Crippen LogP) is 0.653. The number of aromatic amines is 1. The van der Waals surface area contributed by atoms with Crippen LogP contribution in [0.25, 0.3) is 0 Å². The first kappa shape index (κ1) is 17.3. The quantitative estimate of drug-likeness (QED) is 0.878. The van der Waals surface area contributed by atoms with E-state index >= 15 is 0 Å². The van der Waals surface area contributed by atoms with E-state index in [1.165, 1.54) is 6.07 Å². The molecule has 0 saturated carbocycles. The number of carbonyl (C=O) groups is 1. The number of H-pyrrole nitrogens is 1. The maximum Gasteiger partial charge on any atom is 0.251 e. The van der Waals surface area contributed by atoms with Crippen molar-refractivity contribution in [3.8, 4) is 0 Å². The summed E-state index contributed by atoms with van der Waals surface area (Å²) in [7, 11) is 1.89. The number of ether oxygens (including phenoxy) is 1. The molecule has 3 heterocycles. The molecule has 0 bridgehead atoms. The van der Waals surface area contributed by atoms with Gasteiger partial charge in [-0.1, -0.05) is 0 Å². The van der Waals surface area contributed by atoms with Crippen LogP contribution in [0.5, 0.6) is 0 Å². The van der Waals surface area contributed by atoms with Crippen LogP contribution in [0.15, 0.2) is 17.1 Å².